The van der Waals surface area contributed by atoms with E-state index in [1.165, 1.54) is 49.5 Å². The van der Waals surface area contributed by atoms with E-state index < -0.39 is 29.4 Å². The standard InChI is InChI=1S/C25H17ClF3N3O4/c1-14(24(34)35)36-21-10-9-18(26)12-16(21)13-30-32-22(15-5-4-6-17(11-15)25(27,28)29)31-20-8-3-2-7-19(20)23(32)33/h2-14H,1H3,(H,34,35)/t14-/m0/s1. The van der Waals surface area contributed by atoms with Crippen molar-refractivity contribution < 1.29 is 27.8 Å². The molecule has 1 atom stereocenters. The van der Waals surface area contributed by atoms with Gasteiger partial charge < -0.3 is 9.84 Å². The van der Waals surface area contributed by atoms with E-state index in [-0.39, 0.29) is 38.6 Å². The van der Waals surface area contributed by atoms with Crippen molar-refractivity contribution in [2.45, 2.75) is 19.2 Å². The summed E-state index contributed by atoms with van der Waals surface area (Å²) < 4.78 is 46.3. The highest BCUT2D eigenvalue weighted by molar-refractivity contribution is 6.30. The first-order chi connectivity index (χ1) is 17.0. The van der Waals surface area contributed by atoms with Gasteiger partial charge in [-0.25, -0.2) is 9.78 Å². The third-order valence-electron chi connectivity index (χ3n) is 5.14. The zero-order valence-electron chi connectivity index (χ0n) is 18.5. The highest BCUT2D eigenvalue weighted by Crippen LogP contribution is 2.32. The lowest BCUT2D eigenvalue weighted by Gasteiger charge is -2.14. The minimum atomic E-state index is -4.60. The Morgan fingerprint density at radius 1 is 1.14 bits per heavy atom. The zero-order chi connectivity index (χ0) is 26.0. The van der Waals surface area contributed by atoms with Gasteiger partial charge in [-0.1, -0.05) is 35.9 Å². The molecule has 36 heavy (non-hydrogen) atoms. The Kier molecular flexibility index (Phi) is 6.80. The van der Waals surface area contributed by atoms with Gasteiger partial charge in [0.05, 0.1) is 22.7 Å². The molecule has 1 heterocycles. The maximum atomic E-state index is 13.3. The second-order valence-electron chi connectivity index (χ2n) is 7.67. The van der Waals surface area contributed by atoms with Crippen LogP contribution in [0.25, 0.3) is 22.3 Å². The van der Waals surface area contributed by atoms with E-state index in [2.05, 4.69) is 10.1 Å². The number of carboxylic acids is 1. The summed E-state index contributed by atoms with van der Waals surface area (Å²) in [4.78, 5) is 28.9. The quantitative estimate of drug-likeness (QED) is 0.344. The molecule has 0 bridgehead atoms. The molecule has 7 nitrogen and oxygen atoms in total. The molecule has 0 unspecified atom stereocenters. The van der Waals surface area contributed by atoms with Crippen LogP contribution in [0.5, 0.6) is 5.75 Å². The van der Waals surface area contributed by atoms with Gasteiger partial charge in [0, 0.05) is 16.1 Å². The van der Waals surface area contributed by atoms with Gasteiger partial charge in [-0.15, -0.1) is 0 Å². The number of carbonyl (C=O) groups is 1. The van der Waals surface area contributed by atoms with Crippen molar-refractivity contribution in [2.24, 2.45) is 5.10 Å². The molecule has 1 N–H and O–H groups in total. The lowest BCUT2D eigenvalue weighted by Crippen LogP contribution is -2.23. The number of hydrogen-bond donors (Lipinski definition) is 1. The van der Waals surface area contributed by atoms with Crippen molar-refractivity contribution in [3.05, 3.63) is 93.2 Å². The predicted octanol–water partition coefficient (Wildman–Crippen LogP) is 5.47. The predicted molar refractivity (Wildman–Crippen MR) is 129 cm³/mol. The fraction of sp³-hybridized carbons (Fsp3) is 0.120. The van der Waals surface area contributed by atoms with E-state index in [1.807, 2.05) is 0 Å². The summed E-state index contributed by atoms with van der Waals surface area (Å²) >= 11 is 6.07. The van der Waals surface area contributed by atoms with Crippen molar-refractivity contribution in [3.63, 3.8) is 0 Å². The van der Waals surface area contributed by atoms with Crippen LogP contribution >= 0.6 is 11.6 Å². The summed E-state index contributed by atoms with van der Waals surface area (Å²) in [6, 6.07) is 15.1. The second-order valence-corrected chi connectivity index (χ2v) is 8.11. The number of para-hydroxylation sites is 1. The SMILES string of the molecule is C[C@H](Oc1ccc(Cl)cc1C=Nn1c(-c2cccc(C(F)(F)F)c2)nc2ccccc2c1=O)C(=O)O. The Morgan fingerprint density at radius 2 is 1.89 bits per heavy atom. The maximum absolute atomic E-state index is 13.3. The average Bonchev–Trinajstić information content (AvgIpc) is 2.84. The van der Waals surface area contributed by atoms with Crippen LogP contribution in [-0.4, -0.2) is 33.1 Å². The molecule has 0 saturated carbocycles. The van der Waals surface area contributed by atoms with Crippen LogP contribution in [-0.2, 0) is 11.0 Å². The van der Waals surface area contributed by atoms with Gasteiger partial charge in [-0.2, -0.15) is 22.9 Å². The molecular weight excluding hydrogens is 499 g/mol. The fourth-order valence-electron chi connectivity index (χ4n) is 3.34. The smallest absolute Gasteiger partial charge is 0.416 e. The van der Waals surface area contributed by atoms with Crippen LogP contribution in [0.1, 0.15) is 18.1 Å². The molecule has 4 rings (SSSR count). The topological polar surface area (TPSA) is 93.8 Å². The Balaban J connectivity index is 1.90. The molecule has 0 aliphatic carbocycles. The van der Waals surface area contributed by atoms with Gasteiger partial charge in [-0.05, 0) is 49.4 Å². The van der Waals surface area contributed by atoms with E-state index in [4.69, 9.17) is 21.4 Å². The molecular formula is C25H17ClF3N3O4. The minimum absolute atomic E-state index is 0.0203. The Morgan fingerprint density at radius 3 is 2.61 bits per heavy atom. The normalized spacial score (nSPS) is 12.7. The number of aromatic nitrogens is 2. The number of carboxylic acid groups (broad SMARTS) is 1. The van der Waals surface area contributed by atoms with Crippen molar-refractivity contribution in [3.8, 4) is 17.1 Å². The molecule has 0 radical (unpaired) electrons. The van der Waals surface area contributed by atoms with Crippen molar-refractivity contribution >= 4 is 34.7 Å². The first-order valence-electron chi connectivity index (χ1n) is 10.5. The minimum Gasteiger partial charge on any atom is -0.479 e. The van der Waals surface area contributed by atoms with E-state index in [1.54, 1.807) is 18.2 Å². The highest BCUT2D eigenvalue weighted by atomic mass is 35.5. The summed E-state index contributed by atoms with van der Waals surface area (Å²) in [5, 5.41) is 13.8. The number of halogens is 4. The molecule has 0 aliphatic rings. The van der Waals surface area contributed by atoms with Crippen LogP contribution in [0.15, 0.2) is 76.6 Å². The summed E-state index contributed by atoms with van der Waals surface area (Å²) in [6.45, 7) is 1.33. The lowest BCUT2D eigenvalue weighted by atomic mass is 10.1. The van der Waals surface area contributed by atoms with Crippen molar-refractivity contribution in [1.29, 1.82) is 0 Å². The van der Waals surface area contributed by atoms with Crippen molar-refractivity contribution in [2.75, 3.05) is 0 Å². The average molecular weight is 516 g/mol. The molecule has 0 fully saturated rings. The van der Waals surface area contributed by atoms with E-state index >= 15 is 0 Å². The molecule has 0 aliphatic heterocycles. The number of aliphatic carboxylic acids is 1. The monoisotopic (exact) mass is 515 g/mol. The summed E-state index contributed by atoms with van der Waals surface area (Å²) in [5.41, 5.74) is -0.986. The Hall–Kier alpha value is -4.18. The highest BCUT2D eigenvalue weighted by Gasteiger charge is 2.31. The van der Waals surface area contributed by atoms with Crippen LogP contribution in [0.4, 0.5) is 13.2 Å². The molecule has 184 valence electrons. The van der Waals surface area contributed by atoms with E-state index in [9.17, 15) is 22.8 Å². The number of ether oxygens (including phenoxy) is 1. The molecule has 0 saturated heterocycles. The van der Waals surface area contributed by atoms with E-state index in [0.29, 0.717) is 0 Å². The summed E-state index contributed by atoms with van der Waals surface area (Å²) in [6.07, 6.45) is -4.59. The number of benzene rings is 3. The number of rotatable bonds is 6. The third-order valence-corrected chi connectivity index (χ3v) is 5.37. The maximum Gasteiger partial charge on any atom is 0.416 e. The van der Waals surface area contributed by atoms with Gasteiger partial charge in [-0.3, -0.25) is 4.79 Å². The Bertz CT molecular complexity index is 1550. The lowest BCUT2D eigenvalue weighted by molar-refractivity contribution is -0.144. The van der Waals surface area contributed by atoms with Gasteiger partial charge >= 0.3 is 12.1 Å². The molecule has 4 aromatic rings. The molecule has 0 amide bonds. The number of fused-ring (bicyclic) bond motifs is 1. The van der Waals surface area contributed by atoms with Crippen molar-refractivity contribution in [1.82, 2.24) is 9.66 Å². The zero-order valence-corrected chi connectivity index (χ0v) is 19.3. The first kappa shape index (κ1) is 24.9. The van der Waals surface area contributed by atoms with Gasteiger partial charge in [0.15, 0.2) is 11.9 Å². The van der Waals surface area contributed by atoms with E-state index in [0.717, 1.165) is 16.8 Å². The summed E-state index contributed by atoms with van der Waals surface area (Å²) in [7, 11) is 0. The van der Waals surface area contributed by atoms with Crippen LogP contribution in [0, 0.1) is 0 Å². The molecule has 3 aromatic carbocycles. The molecule has 1 aromatic heterocycles. The van der Waals surface area contributed by atoms with Gasteiger partial charge in [0.25, 0.3) is 5.56 Å². The van der Waals surface area contributed by atoms with Crippen LogP contribution in [0.3, 0.4) is 0 Å². The number of nitrogens with zero attached hydrogens (tertiary/aromatic N) is 3. The van der Waals surface area contributed by atoms with Crippen LogP contribution in [0.2, 0.25) is 5.02 Å². The molecule has 0 spiro atoms. The summed E-state index contributed by atoms with van der Waals surface area (Å²) in [5.74, 6) is -1.19. The van der Waals surface area contributed by atoms with Gasteiger partial charge in [0.1, 0.15) is 5.75 Å². The van der Waals surface area contributed by atoms with Gasteiger partial charge in [0.2, 0.25) is 0 Å². The number of hydrogen-bond acceptors (Lipinski definition) is 5. The largest absolute Gasteiger partial charge is 0.479 e. The first-order valence-corrected chi connectivity index (χ1v) is 10.8. The second kappa shape index (κ2) is 9.82. The molecule has 11 heteroatoms. The number of alkyl halides is 3. The van der Waals surface area contributed by atoms with Crippen LogP contribution < -0.4 is 10.3 Å². The third kappa shape index (κ3) is 5.23. The fourth-order valence-corrected chi connectivity index (χ4v) is 3.52. The Labute approximate surface area is 207 Å².